The van der Waals surface area contributed by atoms with Crippen LogP contribution in [0.15, 0.2) is 54.7 Å². The van der Waals surface area contributed by atoms with Gasteiger partial charge in [0.15, 0.2) is 0 Å². The number of amides is 1. The maximum absolute atomic E-state index is 12.6. The molecule has 1 aromatic heterocycles. The third-order valence-electron chi connectivity index (χ3n) is 5.21. The van der Waals surface area contributed by atoms with Gasteiger partial charge in [-0.3, -0.25) is 9.78 Å². The first kappa shape index (κ1) is 18.0. The monoisotopic (exact) mass is 370 g/mol. The third kappa shape index (κ3) is 3.67. The van der Waals surface area contributed by atoms with Gasteiger partial charge in [0, 0.05) is 36.8 Å². The maximum Gasteiger partial charge on any atom is 0.253 e. The Morgan fingerprint density at radius 2 is 1.82 bits per heavy atom. The van der Waals surface area contributed by atoms with Gasteiger partial charge in [0.25, 0.3) is 5.91 Å². The van der Waals surface area contributed by atoms with Gasteiger partial charge in [-0.1, -0.05) is 30.3 Å². The Morgan fingerprint density at radius 3 is 2.57 bits per heavy atom. The molecule has 0 spiro atoms. The molecule has 0 unspecified atom stereocenters. The summed E-state index contributed by atoms with van der Waals surface area (Å²) < 4.78 is 0. The molecule has 0 radical (unpaired) electrons. The minimum Gasteiger partial charge on any atom is -0.379 e. The number of anilines is 1. The lowest BCUT2D eigenvalue weighted by atomic mass is 10.1. The Bertz CT molecular complexity index is 1030. The molecule has 5 heteroatoms. The van der Waals surface area contributed by atoms with Crippen LogP contribution in [0.5, 0.6) is 0 Å². The van der Waals surface area contributed by atoms with Gasteiger partial charge in [-0.15, -0.1) is 0 Å². The normalized spacial score (nSPS) is 13.9. The Morgan fingerprint density at radius 1 is 1.07 bits per heavy atom. The number of hydrogen-bond acceptors (Lipinski definition) is 4. The predicted molar refractivity (Wildman–Crippen MR) is 110 cm³/mol. The largest absolute Gasteiger partial charge is 0.379 e. The molecular weight excluding hydrogens is 348 g/mol. The smallest absolute Gasteiger partial charge is 0.253 e. The maximum atomic E-state index is 12.6. The summed E-state index contributed by atoms with van der Waals surface area (Å²) >= 11 is 0. The summed E-state index contributed by atoms with van der Waals surface area (Å²) in [5, 5.41) is 13.7. The van der Waals surface area contributed by atoms with E-state index in [4.69, 9.17) is 0 Å². The van der Waals surface area contributed by atoms with Gasteiger partial charge in [-0.25, -0.2) is 0 Å². The summed E-state index contributed by atoms with van der Waals surface area (Å²) in [7, 11) is 0. The Kier molecular flexibility index (Phi) is 5.20. The molecule has 1 fully saturated rings. The molecule has 0 saturated carbocycles. The SMILES string of the molecule is N#Cc1cnc2ccccc2c1NCc1ccc(C(=O)N2CCCCC2)cc1. The highest BCUT2D eigenvalue weighted by molar-refractivity contribution is 5.95. The van der Waals surface area contributed by atoms with E-state index in [1.54, 1.807) is 6.20 Å². The fourth-order valence-electron chi connectivity index (χ4n) is 3.65. The zero-order valence-corrected chi connectivity index (χ0v) is 15.7. The summed E-state index contributed by atoms with van der Waals surface area (Å²) in [6.07, 6.45) is 5.00. The molecule has 3 aromatic rings. The fourth-order valence-corrected chi connectivity index (χ4v) is 3.65. The van der Waals surface area contributed by atoms with Crippen LogP contribution in [0.4, 0.5) is 5.69 Å². The highest BCUT2D eigenvalue weighted by atomic mass is 16.2. The van der Waals surface area contributed by atoms with Crippen LogP contribution in [0.1, 0.15) is 40.7 Å². The molecule has 1 N–H and O–H groups in total. The number of carbonyl (C=O) groups excluding carboxylic acids is 1. The molecule has 1 amide bonds. The van der Waals surface area contributed by atoms with Crippen LogP contribution in [0.2, 0.25) is 0 Å². The molecule has 1 aliphatic heterocycles. The second-order valence-corrected chi connectivity index (χ2v) is 7.08. The minimum absolute atomic E-state index is 0.117. The molecule has 1 aliphatic rings. The van der Waals surface area contributed by atoms with Gasteiger partial charge in [-0.2, -0.15) is 5.26 Å². The van der Waals surface area contributed by atoms with Crippen LogP contribution in [0.25, 0.3) is 10.9 Å². The van der Waals surface area contributed by atoms with E-state index < -0.39 is 0 Å². The molecule has 140 valence electrons. The van der Waals surface area contributed by atoms with Crippen LogP contribution >= 0.6 is 0 Å². The molecule has 2 heterocycles. The van der Waals surface area contributed by atoms with Crippen molar-refractivity contribution >= 4 is 22.5 Å². The highest BCUT2D eigenvalue weighted by Crippen LogP contribution is 2.26. The summed E-state index contributed by atoms with van der Waals surface area (Å²) in [6, 6.07) is 17.7. The van der Waals surface area contributed by atoms with Crippen LogP contribution in [-0.4, -0.2) is 28.9 Å². The number of hydrogen-bond donors (Lipinski definition) is 1. The Labute approximate surface area is 164 Å². The summed E-state index contributed by atoms with van der Waals surface area (Å²) in [5.74, 6) is 0.117. The number of piperidine rings is 1. The minimum atomic E-state index is 0.117. The van der Waals surface area contributed by atoms with Gasteiger partial charge in [0.1, 0.15) is 6.07 Å². The second-order valence-electron chi connectivity index (χ2n) is 7.08. The molecule has 2 aromatic carbocycles. The number of pyridine rings is 1. The van der Waals surface area contributed by atoms with Crippen molar-refractivity contribution in [3.63, 3.8) is 0 Å². The zero-order valence-electron chi connectivity index (χ0n) is 15.7. The number of aromatic nitrogens is 1. The number of benzene rings is 2. The lowest BCUT2D eigenvalue weighted by Crippen LogP contribution is -2.35. The standard InChI is InChI=1S/C23H22N4O/c24-14-19-16-25-21-7-3-2-6-20(21)22(19)26-15-17-8-10-18(11-9-17)23(28)27-12-4-1-5-13-27/h2-3,6-11,16H,1,4-5,12-13,15H2,(H,25,26). The topological polar surface area (TPSA) is 69.0 Å². The summed E-state index contributed by atoms with van der Waals surface area (Å²) in [4.78, 5) is 18.9. The van der Waals surface area contributed by atoms with Gasteiger partial charge in [0.2, 0.25) is 0 Å². The van der Waals surface area contributed by atoms with E-state index in [0.717, 1.165) is 53.6 Å². The molecule has 1 saturated heterocycles. The number of nitrogens with zero attached hydrogens (tertiary/aromatic N) is 3. The number of nitriles is 1. The van der Waals surface area contributed by atoms with Crippen molar-refractivity contribution in [2.75, 3.05) is 18.4 Å². The quantitative estimate of drug-likeness (QED) is 0.741. The molecule has 0 aliphatic carbocycles. The van der Waals surface area contributed by atoms with Crippen LogP contribution in [0, 0.1) is 11.3 Å². The molecule has 0 bridgehead atoms. The van der Waals surface area contributed by atoms with Crippen molar-refractivity contribution in [3.8, 4) is 6.07 Å². The molecule has 28 heavy (non-hydrogen) atoms. The van der Waals surface area contributed by atoms with Gasteiger partial charge < -0.3 is 10.2 Å². The van der Waals surface area contributed by atoms with E-state index in [1.807, 2.05) is 53.4 Å². The van der Waals surface area contributed by atoms with Crippen LogP contribution in [0.3, 0.4) is 0 Å². The van der Waals surface area contributed by atoms with Gasteiger partial charge >= 0.3 is 0 Å². The lowest BCUT2D eigenvalue weighted by molar-refractivity contribution is 0.0724. The second kappa shape index (κ2) is 8.10. The van der Waals surface area contributed by atoms with E-state index >= 15 is 0 Å². The first-order valence-electron chi connectivity index (χ1n) is 9.66. The fraction of sp³-hybridized carbons (Fsp3) is 0.261. The van der Waals surface area contributed by atoms with Crippen LogP contribution < -0.4 is 5.32 Å². The number of nitrogens with one attached hydrogen (secondary N) is 1. The van der Waals surface area contributed by atoms with Gasteiger partial charge in [0.05, 0.1) is 16.8 Å². The van der Waals surface area contributed by atoms with Crippen molar-refractivity contribution in [1.82, 2.24) is 9.88 Å². The van der Waals surface area contributed by atoms with Crippen LogP contribution in [-0.2, 0) is 6.54 Å². The third-order valence-corrected chi connectivity index (χ3v) is 5.21. The van der Waals surface area contributed by atoms with Crippen molar-refractivity contribution in [2.24, 2.45) is 0 Å². The first-order chi connectivity index (χ1) is 13.8. The van der Waals surface area contributed by atoms with E-state index in [1.165, 1.54) is 6.42 Å². The zero-order chi connectivity index (χ0) is 19.3. The molecule has 0 atom stereocenters. The Balaban J connectivity index is 1.49. The van der Waals surface area contributed by atoms with E-state index in [-0.39, 0.29) is 5.91 Å². The number of fused-ring (bicyclic) bond motifs is 1. The predicted octanol–water partition coefficient (Wildman–Crippen LogP) is 4.34. The van der Waals surface area contributed by atoms with E-state index in [2.05, 4.69) is 16.4 Å². The number of carbonyl (C=O) groups is 1. The van der Waals surface area contributed by atoms with E-state index in [9.17, 15) is 10.1 Å². The molecule has 5 nitrogen and oxygen atoms in total. The lowest BCUT2D eigenvalue weighted by Gasteiger charge is -2.26. The number of para-hydroxylation sites is 1. The van der Waals surface area contributed by atoms with Crippen molar-refractivity contribution in [2.45, 2.75) is 25.8 Å². The van der Waals surface area contributed by atoms with Crippen molar-refractivity contribution in [1.29, 1.82) is 5.26 Å². The average Bonchev–Trinajstić information content (AvgIpc) is 2.77. The molecular formula is C23H22N4O. The summed E-state index contributed by atoms with van der Waals surface area (Å²) in [5.41, 5.74) is 3.96. The van der Waals surface area contributed by atoms with Crippen molar-refractivity contribution in [3.05, 3.63) is 71.4 Å². The number of rotatable bonds is 4. The van der Waals surface area contributed by atoms with Crippen molar-refractivity contribution < 1.29 is 4.79 Å². The average molecular weight is 370 g/mol. The first-order valence-corrected chi connectivity index (χ1v) is 9.66. The Hall–Kier alpha value is -3.39. The van der Waals surface area contributed by atoms with Gasteiger partial charge in [-0.05, 0) is 43.0 Å². The number of likely N-dealkylation sites (tertiary alicyclic amines) is 1. The highest BCUT2D eigenvalue weighted by Gasteiger charge is 2.17. The summed E-state index contributed by atoms with van der Waals surface area (Å²) in [6.45, 7) is 2.28. The van der Waals surface area contributed by atoms with E-state index in [0.29, 0.717) is 12.1 Å². The molecule has 4 rings (SSSR count).